The lowest BCUT2D eigenvalue weighted by molar-refractivity contribution is -0.238. The molecule has 1 heterocycles. The zero-order valence-corrected chi connectivity index (χ0v) is 9.86. The van der Waals surface area contributed by atoms with Gasteiger partial charge >= 0.3 is 11.9 Å². The fourth-order valence-electron chi connectivity index (χ4n) is 1.06. The number of ketones is 1. The van der Waals surface area contributed by atoms with Gasteiger partial charge in [0.05, 0.1) is 4.43 Å². The molecular weight excluding hydrogens is 303 g/mol. The lowest BCUT2D eigenvalue weighted by Crippen LogP contribution is -2.49. The maximum absolute atomic E-state index is 11.3. The van der Waals surface area contributed by atoms with Gasteiger partial charge in [-0.15, -0.1) is 0 Å². The molecule has 1 saturated heterocycles. The summed E-state index contributed by atoms with van der Waals surface area (Å²) in [6, 6.07) is 0. The number of hydrogen-bond donors (Lipinski definition) is 0. The van der Waals surface area contributed by atoms with E-state index in [1.165, 1.54) is 13.8 Å². The molecule has 0 spiro atoms. The van der Waals surface area contributed by atoms with Gasteiger partial charge in [0, 0.05) is 13.8 Å². The second-order valence-corrected chi connectivity index (χ2v) is 4.04. The Hall–Kier alpha value is -0.660. The summed E-state index contributed by atoms with van der Waals surface area (Å²) >= 11 is 1.78. The number of hydrogen-bond acceptors (Lipinski definition) is 5. The van der Waals surface area contributed by atoms with Crippen molar-refractivity contribution in [3.05, 3.63) is 0 Å². The van der Waals surface area contributed by atoms with Gasteiger partial charge < -0.3 is 9.47 Å². The summed E-state index contributed by atoms with van der Waals surface area (Å²) in [7, 11) is 0. The Morgan fingerprint density at radius 1 is 1.36 bits per heavy atom. The highest BCUT2D eigenvalue weighted by Crippen LogP contribution is 2.23. The van der Waals surface area contributed by atoms with Crippen LogP contribution in [0.2, 0.25) is 0 Å². The molecule has 1 aliphatic rings. The van der Waals surface area contributed by atoms with Gasteiger partial charge in [-0.3, -0.25) is 14.4 Å². The minimum atomic E-state index is -1.40. The molecule has 0 radical (unpaired) electrons. The van der Waals surface area contributed by atoms with E-state index in [-0.39, 0.29) is 4.43 Å². The second kappa shape index (κ2) is 3.84. The van der Waals surface area contributed by atoms with Gasteiger partial charge in [-0.2, -0.15) is 0 Å². The Kier molecular flexibility index (Phi) is 3.13. The van der Waals surface area contributed by atoms with Crippen LogP contribution >= 0.6 is 22.6 Å². The van der Waals surface area contributed by atoms with Crippen LogP contribution in [0.5, 0.6) is 0 Å². The number of cyclic esters (lactones) is 2. The van der Waals surface area contributed by atoms with Crippen LogP contribution in [0, 0.1) is 5.92 Å². The van der Waals surface area contributed by atoms with E-state index < -0.39 is 29.4 Å². The van der Waals surface area contributed by atoms with Gasteiger partial charge in [0.15, 0.2) is 5.78 Å². The summed E-state index contributed by atoms with van der Waals surface area (Å²) in [4.78, 5) is 33.7. The highest BCUT2D eigenvalue weighted by atomic mass is 127. The third-order valence-electron chi connectivity index (χ3n) is 1.62. The average Bonchev–Trinajstić information content (AvgIpc) is 1.99. The predicted molar refractivity (Wildman–Crippen MR) is 53.6 cm³/mol. The molecule has 0 aromatic carbocycles. The number of halogens is 1. The molecule has 6 heteroatoms. The summed E-state index contributed by atoms with van der Waals surface area (Å²) in [6.45, 7) is 2.88. The zero-order valence-electron chi connectivity index (χ0n) is 7.70. The van der Waals surface area contributed by atoms with Gasteiger partial charge in [-0.05, 0) is 0 Å². The first-order valence-corrected chi connectivity index (χ1v) is 5.44. The quantitative estimate of drug-likeness (QED) is 0.320. The van der Waals surface area contributed by atoms with Crippen molar-refractivity contribution in [3.8, 4) is 0 Å². The number of ether oxygens (including phenoxy) is 2. The number of rotatable bonds is 2. The highest BCUT2D eigenvalue weighted by Gasteiger charge is 2.46. The van der Waals surface area contributed by atoms with Gasteiger partial charge in [0.2, 0.25) is 5.92 Å². The van der Waals surface area contributed by atoms with E-state index in [1.807, 2.05) is 0 Å². The first-order chi connectivity index (χ1) is 6.37. The first kappa shape index (κ1) is 11.4. The number of carbonyl (C=O) groups is 3. The van der Waals surface area contributed by atoms with Gasteiger partial charge in [-0.25, -0.2) is 0 Å². The molecule has 0 aromatic rings. The summed E-state index contributed by atoms with van der Waals surface area (Å²) in [6.07, 6.45) is 0. The minimum absolute atomic E-state index is 0.0764. The molecule has 1 rings (SSSR count). The highest BCUT2D eigenvalue weighted by molar-refractivity contribution is 14.1. The topological polar surface area (TPSA) is 69.7 Å². The smallest absolute Gasteiger partial charge is 0.331 e. The standard InChI is InChI=1S/C8H9IO5/c1-8(2)13-6(11)5(4(10)3-9)7(12)14-8/h5H,3H2,1-2H3. The Bertz CT molecular complexity index is 276. The molecule has 1 aliphatic heterocycles. The van der Waals surface area contributed by atoms with Crippen LogP contribution in [0.4, 0.5) is 0 Å². The average molecular weight is 312 g/mol. The van der Waals surface area contributed by atoms with Gasteiger partial charge in [0.1, 0.15) is 0 Å². The lowest BCUT2D eigenvalue weighted by Gasteiger charge is -2.32. The largest absolute Gasteiger partial charge is 0.422 e. The molecule has 0 N–H and O–H groups in total. The van der Waals surface area contributed by atoms with Crippen LogP contribution in [-0.4, -0.2) is 27.9 Å². The maximum atomic E-state index is 11.3. The molecule has 5 nitrogen and oxygen atoms in total. The van der Waals surface area contributed by atoms with Crippen molar-refractivity contribution in [2.24, 2.45) is 5.92 Å². The summed E-state index contributed by atoms with van der Waals surface area (Å²) < 4.78 is 9.62. The van der Waals surface area contributed by atoms with E-state index in [0.717, 1.165) is 0 Å². The summed E-state index contributed by atoms with van der Waals surface area (Å²) in [5.74, 6) is -4.81. The number of carbonyl (C=O) groups excluding carboxylic acids is 3. The van der Waals surface area contributed by atoms with E-state index in [4.69, 9.17) is 9.47 Å². The fourth-order valence-corrected chi connectivity index (χ4v) is 1.50. The van der Waals surface area contributed by atoms with E-state index in [1.54, 1.807) is 22.6 Å². The van der Waals surface area contributed by atoms with Crippen molar-refractivity contribution in [1.29, 1.82) is 0 Å². The van der Waals surface area contributed by atoms with Crippen molar-refractivity contribution in [2.45, 2.75) is 19.6 Å². The lowest BCUT2D eigenvalue weighted by atomic mass is 10.0. The van der Waals surface area contributed by atoms with E-state index in [0.29, 0.717) is 0 Å². The van der Waals surface area contributed by atoms with Crippen LogP contribution in [0.3, 0.4) is 0 Å². The Morgan fingerprint density at radius 2 is 1.79 bits per heavy atom. The van der Waals surface area contributed by atoms with Crippen LogP contribution in [0.1, 0.15) is 13.8 Å². The number of esters is 2. The van der Waals surface area contributed by atoms with Crippen molar-refractivity contribution < 1.29 is 23.9 Å². The second-order valence-electron chi connectivity index (χ2n) is 3.27. The molecule has 0 saturated carbocycles. The molecule has 0 amide bonds. The molecule has 0 aromatic heterocycles. The molecule has 1 fully saturated rings. The minimum Gasteiger partial charge on any atom is -0.422 e. The molecule has 0 aliphatic carbocycles. The third-order valence-corrected chi connectivity index (χ3v) is 2.37. The van der Waals surface area contributed by atoms with Crippen molar-refractivity contribution in [2.75, 3.05) is 4.43 Å². The molecule has 0 bridgehead atoms. The molecule has 0 unspecified atom stereocenters. The van der Waals surface area contributed by atoms with Crippen LogP contribution in [0.25, 0.3) is 0 Å². The predicted octanol–water partition coefficient (Wildman–Crippen LogP) is 0.443. The van der Waals surface area contributed by atoms with Crippen LogP contribution in [0.15, 0.2) is 0 Å². The van der Waals surface area contributed by atoms with E-state index in [9.17, 15) is 14.4 Å². The van der Waals surface area contributed by atoms with Crippen molar-refractivity contribution in [1.82, 2.24) is 0 Å². The van der Waals surface area contributed by atoms with E-state index in [2.05, 4.69) is 0 Å². The SMILES string of the molecule is CC1(C)OC(=O)C(C(=O)CI)C(=O)O1. The first-order valence-electron chi connectivity index (χ1n) is 3.92. The summed E-state index contributed by atoms with van der Waals surface area (Å²) in [5, 5.41) is 0. The van der Waals surface area contributed by atoms with E-state index >= 15 is 0 Å². The van der Waals surface area contributed by atoms with Gasteiger partial charge in [-0.1, -0.05) is 22.6 Å². The Morgan fingerprint density at radius 3 is 2.14 bits per heavy atom. The maximum Gasteiger partial charge on any atom is 0.331 e. The third kappa shape index (κ3) is 2.23. The van der Waals surface area contributed by atoms with Gasteiger partial charge in [0.25, 0.3) is 5.79 Å². The number of alkyl halides is 1. The van der Waals surface area contributed by atoms with Crippen LogP contribution in [-0.2, 0) is 23.9 Å². The molecule has 14 heavy (non-hydrogen) atoms. The zero-order chi connectivity index (χ0) is 10.9. The number of Topliss-reactive ketones (excluding diaryl/α,β-unsaturated/α-hetero) is 1. The summed E-state index contributed by atoms with van der Waals surface area (Å²) in [5.41, 5.74) is 0. The monoisotopic (exact) mass is 312 g/mol. The normalized spacial score (nSPS) is 21.4. The molecule has 78 valence electrons. The Labute approximate surface area is 94.3 Å². The van der Waals surface area contributed by atoms with Crippen molar-refractivity contribution >= 4 is 40.3 Å². The molecular formula is C8H9IO5. The fraction of sp³-hybridized carbons (Fsp3) is 0.625. The van der Waals surface area contributed by atoms with Crippen LogP contribution < -0.4 is 0 Å². The molecule has 0 atom stereocenters. The van der Waals surface area contributed by atoms with Crippen molar-refractivity contribution in [3.63, 3.8) is 0 Å². The Balaban J connectivity index is 2.87.